The van der Waals surface area contributed by atoms with E-state index in [1.54, 1.807) is 4.90 Å². The Morgan fingerprint density at radius 3 is 2.32 bits per heavy atom. The highest BCUT2D eigenvalue weighted by molar-refractivity contribution is 5.76. The smallest absolute Gasteiger partial charge is 0.410 e. The molecule has 152 valence electrons. The highest BCUT2D eigenvalue weighted by atomic mass is 16.6. The van der Waals surface area contributed by atoms with Gasteiger partial charge in [0.25, 0.3) is 0 Å². The van der Waals surface area contributed by atoms with Crippen molar-refractivity contribution in [1.29, 1.82) is 0 Å². The molecule has 6 heteroatoms. The van der Waals surface area contributed by atoms with Gasteiger partial charge in [-0.1, -0.05) is 30.3 Å². The number of esters is 1. The van der Waals surface area contributed by atoms with Gasteiger partial charge in [0.2, 0.25) is 0 Å². The summed E-state index contributed by atoms with van der Waals surface area (Å²) in [7, 11) is 0. The number of hydrogen-bond acceptors (Lipinski definition) is 5. The van der Waals surface area contributed by atoms with Crippen LogP contribution < -0.4 is 0 Å². The molecule has 2 saturated carbocycles. The molecule has 2 aliphatic carbocycles. The van der Waals surface area contributed by atoms with Crippen molar-refractivity contribution in [3.05, 3.63) is 35.9 Å². The van der Waals surface area contributed by atoms with Gasteiger partial charge in [-0.3, -0.25) is 4.79 Å². The number of carbonyl (C=O) groups excluding carboxylic acids is 2. The minimum Gasteiger partial charge on any atom is -0.466 e. The fourth-order valence-corrected chi connectivity index (χ4v) is 4.75. The molecule has 1 aromatic rings. The van der Waals surface area contributed by atoms with Crippen molar-refractivity contribution in [2.45, 2.75) is 51.4 Å². The monoisotopic (exact) mass is 387 g/mol. The van der Waals surface area contributed by atoms with Gasteiger partial charge in [0.1, 0.15) is 6.61 Å². The highest BCUT2D eigenvalue weighted by Crippen LogP contribution is 2.58. The number of amides is 1. The Labute approximate surface area is 166 Å². The largest absolute Gasteiger partial charge is 0.466 e. The Hall–Kier alpha value is -2.08. The van der Waals surface area contributed by atoms with E-state index in [9.17, 15) is 9.59 Å². The molecule has 1 aromatic carbocycles. The van der Waals surface area contributed by atoms with Gasteiger partial charge in [0, 0.05) is 13.1 Å². The number of fused-ring (bicyclic) bond motifs is 1. The molecule has 6 nitrogen and oxygen atoms in total. The SMILES string of the molecule is CCOC(=O)[C@@H]1[C@@H]2C[C@H](OC3CCN(C(=O)OCc4ccccc4)CC3)C[C@@H]21. The molecule has 1 saturated heterocycles. The van der Waals surface area contributed by atoms with E-state index in [0.717, 1.165) is 31.2 Å². The van der Waals surface area contributed by atoms with Crippen LogP contribution in [0.1, 0.15) is 38.2 Å². The summed E-state index contributed by atoms with van der Waals surface area (Å²) in [6, 6.07) is 9.72. The Morgan fingerprint density at radius 2 is 1.68 bits per heavy atom. The fourth-order valence-electron chi connectivity index (χ4n) is 4.75. The fraction of sp³-hybridized carbons (Fsp3) is 0.636. The second-order valence-electron chi connectivity index (χ2n) is 8.06. The first-order valence-corrected chi connectivity index (χ1v) is 10.4. The first-order valence-electron chi connectivity index (χ1n) is 10.4. The number of ether oxygens (including phenoxy) is 3. The summed E-state index contributed by atoms with van der Waals surface area (Å²) in [5.74, 6) is 0.994. The van der Waals surface area contributed by atoms with Crippen molar-refractivity contribution >= 4 is 12.1 Å². The summed E-state index contributed by atoms with van der Waals surface area (Å²) in [6.07, 6.45) is 3.81. The van der Waals surface area contributed by atoms with E-state index < -0.39 is 0 Å². The predicted octanol–water partition coefficient (Wildman–Crippen LogP) is 3.39. The van der Waals surface area contributed by atoms with E-state index in [1.165, 1.54) is 0 Å². The number of rotatable bonds is 6. The normalized spacial score (nSPS) is 29.2. The summed E-state index contributed by atoms with van der Waals surface area (Å²) in [6.45, 7) is 3.96. The zero-order chi connectivity index (χ0) is 19.5. The predicted molar refractivity (Wildman–Crippen MR) is 102 cm³/mol. The number of nitrogens with zero attached hydrogens (tertiary/aromatic N) is 1. The van der Waals surface area contributed by atoms with Crippen LogP contribution in [0.5, 0.6) is 0 Å². The zero-order valence-electron chi connectivity index (χ0n) is 16.4. The maximum Gasteiger partial charge on any atom is 0.410 e. The molecule has 4 atom stereocenters. The van der Waals surface area contributed by atoms with E-state index in [0.29, 0.717) is 38.1 Å². The molecule has 28 heavy (non-hydrogen) atoms. The summed E-state index contributed by atoms with van der Waals surface area (Å²) in [5.41, 5.74) is 0.995. The average Bonchev–Trinajstić information content (AvgIpc) is 3.23. The second-order valence-corrected chi connectivity index (χ2v) is 8.06. The summed E-state index contributed by atoms with van der Waals surface area (Å²) < 4.78 is 16.8. The molecule has 0 N–H and O–H groups in total. The van der Waals surface area contributed by atoms with Gasteiger partial charge in [0.15, 0.2) is 0 Å². The van der Waals surface area contributed by atoms with Gasteiger partial charge >= 0.3 is 12.1 Å². The molecule has 0 unspecified atom stereocenters. The van der Waals surface area contributed by atoms with Crippen molar-refractivity contribution in [1.82, 2.24) is 4.90 Å². The molecule has 0 aromatic heterocycles. The van der Waals surface area contributed by atoms with Gasteiger partial charge < -0.3 is 19.1 Å². The Bertz CT molecular complexity index is 673. The lowest BCUT2D eigenvalue weighted by Crippen LogP contribution is -2.42. The third-order valence-electron chi connectivity index (χ3n) is 6.25. The molecule has 0 radical (unpaired) electrons. The van der Waals surface area contributed by atoms with Gasteiger partial charge in [-0.2, -0.15) is 0 Å². The van der Waals surface area contributed by atoms with Crippen molar-refractivity contribution in [2.75, 3.05) is 19.7 Å². The number of likely N-dealkylation sites (tertiary alicyclic amines) is 1. The number of hydrogen-bond donors (Lipinski definition) is 0. The standard InChI is InChI=1S/C22H29NO5/c1-2-26-21(24)20-18-12-17(13-19(18)20)28-16-8-10-23(11-9-16)22(25)27-14-15-6-4-3-5-7-15/h3-7,16-20H,2,8-14H2,1H3/t17-,18+,19-,20+. The van der Waals surface area contributed by atoms with Gasteiger partial charge in [-0.15, -0.1) is 0 Å². The third kappa shape index (κ3) is 4.32. The maximum atomic E-state index is 12.2. The first-order chi connectivity index (χ1) is 13.7. The molecule has 1 heterocycles. The van der Waals surface area contributed by atoms with Crippen molar-refractivity contribution in [3.63, 3.8) is 0 Å². The van der Waals surface area contributed by atoms with Crippen molar-refractivity contribution < 1.29 is 23.8 Å². The lowest BCUT2D eigenvalue weighted by atomic mass is 10.1. The average molecular weight is 387 g/mol. The number of carbonyl (C=O) groups is 2. The van der Waals surface area contributed by atoms with E-state index in [1.807, 2.05) is 37.3 Å². The Balaban J connectivity index is 1.14. The molecule has 3 fully saturated rings. The minimum absolute atomic E-state index is 0.0294. The van der Waals surface area contributed by atoms with Crippen molar-refractivity contribution in [2.24, 2.45) is 17.8 Å². The number of benzene rings is 1. The van der Waals surface area contributed by atoms with E-state index in [2.05, 4.69) is 0 Å². The molecule has 1 aliphatic heterocycles. The molecule has 4 rings (SSSR count). The molecule has 0 bridgehead atoms. The van der Waals surface area contributed by atoms with Crippen LogP contribution in [-0.4, -0.2) is 48.9 Å². The summed E-state index contributed by atoms with van der Waals surface area (Å²) in [4.78, 5) is 25.9. The molecule has 3 aliphatic rings. The Kier molecular flexibility index (Phi) is 5.85. The van der Waals surface area contributed by atoms with Crippen LogP contribution in [-0.2, 0) is 25.6 Å². The molecule has 0 spiro atoms. The molecule has 1 amide bonds. The van der Waals surface area contributed by atoms with E-state index in [4.69, 9.17) is 14.2 Å². The Morgan fingerprint density at radius 1 is 1.00 bits per heavy atom. The highest BCUT2D eigenvalue weighted by Gasteiger charge is 2.60. The van der Waals surface area contributed by atoms with E-state index >= 15 is 0 Å². The van der Waals surface area contributed by atoms with Crippen LogP contribution in [0.3, 0.4) is 0 Å². The van der Waals surface area contributed by atoms with Gasteiger partial charge in [0.05, 0.1) is 24.7 Å². The maximum absolute atomic E-state index is 12.2. The lowest BCUT2D eigenvalue weighted by molar-refractivity contribution is -0.146. The van der Waals surface area contributed by atoms with Crippen LogP contribution in [0.4, 0.5) is 4.79 Å². The molecular weight excluding hydrogens is 358 g/mol. The van der Waals surface area contributed by atoms with Gasteiger partial charge in [-0.25, -0.2) is 4.79 Å². The van der Waals surface area contributed by atoms with E-state index in [-0.39, 0.29) is 30.2 Å². The first kappa shape index (κ1) is 19.2. The van der Waals surface area contributed by atoms with Crippen LogP contribution in [0.25, 0.3) is 0 Å². The summed E-state index contributed by atoms with van der Waals surface area (Å²) in [5, 5.41) is 0. The third-order valence-corrected chi connectivity index (χ3v) is 6.25. The topological polar surface area (TPSA) is 65.1 Å². The van der Waals surface area contributed by atoms with Crippen LogP contribution >= 0.6 is 0 Å². The quantitative estimate of drug-likeness (QED) is 0.700. The van der Waals surface area contributed by atoms with Crippen molar-refractivity contribution in [3.8, 4) is 0 Å². The molecular formula is C22H29NO5. The van der Waals surface area contributed by atoms with Crippen LogP contribution in [0.2, 0.25) is 0 Å². The van der Waals surface area contributed by atoms with Crippen LogP contribution in [0.15, 0.2) is 30.3 Å². The number of piperidine rings is 1. The second kappa shape index (κ2) is 8.52. The lowest BCUT2D eigenvalue weighted by Gasteiger charge is -2.33. The minimum atomic E-state index is -0.248. The zero-order valence-corrected chi connectivity index (χ0v) is 16.4. The van der Waals surface area contributed by atoms with Crippen LogP contribution in [0, 0.1) is 17.8 Å². The van der Waals surface area contributed by atoms with Gasteiger partial charge in [-0.05, 0) is 50.0 Å². The summed E-state index contributed by atoms with van der Waals surface area (Å²) >= 11 is 0.